The van der Waals surface area contributed by atoms with Crippen molar-refractivity contribution in [3.05, 3.63) is 47.7 Å². The molecule has 2 heterocycles. The van der Waals surface area contributed by atoms with Crippen molar-refractivity contribution in [2.75, 3.05) is 19.0 Å². The molecule has 0 saturated heterocycles. The van der Waals surface area contributed by atoms with Crippen LogP contribution in [0.4, 0.5) is 5.82 Å². The molecule has 1 unspecified atom stereocenters. The number of aliphatic carboxylic acids is 1. The number of methoxy groups -OCH3 is 1. The highest BCUT2D eigenvalue weighted by Gasteiger charge is 2.33. The number of carboxylic acids is 1. The largest absolute Gasteiger partial charge is 0.493 e. The number of pyridine rings is 1. The van der Waals surface area contributed by atoms with Crippen LogP contribution >= 0.6 is 0 Å². The van der Waals surface area contributed by atoms with E-state index in [0.29, 0.717) is 28.4 Å². The van der Waals surface area contributed by atoms with Crippen LogP contribution in [0, 0.1) is 0 Å². The Hall–Kier alpha value is -3.09. The molecule has 3 rings (SSSR count). The van der Waals surface area contributed by atoms with Crippen LogP contribution < -0.4 is 14.8 Å². The molecular formula is C17H16N2O5. The predicted octanol–water partition coefficient (Wildman–Crippen LogP) is 2.29. The first-order valence-corrected chi connectivity index (χ1v) is 7.38. The molecule has 0 radical (unpaired) electrons. The molecule has 7 nitrogen and oxygen atoms in total. The normalized spacial score (nSPS) is 15.3. The number of nitrogens with zero attached hydrogens (tertiary/aromatic N) is 1. The number of hydrogen-bond donors (Lipinski definition) is 2. The summed E-state index contributed by atoms with van der Waals surface area (Å²) in [4.78, 5) is 27.8. The maximum Gasteiger partial charge on any atom is 0.304 e. The molecule has 0 bridgehead atoms. The lowest BCUT2D eigenvalue weighted by Crippen LogP contribution is -2.17. The highest BCUT2D eigenvalue weighted by atomic mass is 16.5. The second-order valence-electron chi connectivity index (χ2n) is 5.33. The average molecular weight is 328 g/mol. The molecule has 1 aromatic heterocycles. The molecule has 2 N–H and O–H groups in total. The van der Waals surface area contributed by atoms with Gasteiger partial charge in [-0.3, -0.25) is 9.59 Å². The van der Waals surface area contributed by atoms with E-state index in [1.807, 2.05) is 0 Å². The van der Waals surface area contributed by atoms with Gasteiger partial charge in [-0.05, 0) is 24.3 Å². The molecule has 0 aliphatic carbocycles. The number of fused-ring (bicyclic) bond motifs is 1. The van der Waals surface area contributed by atoms with E-state index in [-0.39, 0.29) is 18.9 Å². The van der Waals surface area contributed by atoms with Crippen molar-refractivity contribution in [2.45, 2.75) is 12.3 Å². The Morgan fingerprint density at radius 2 is 2.21 bits per heavy atom. The Morgan fingerprint density at radius 1 is 1.38 bits per heavy atom. The van der Waals surface area contributed by atoms with Gasteiger partial charge < -0.3 is 19.9 Å². The van der Waals surface area contributed by atoms with Crippen molar-refractivity contribution >= 4 is 17.7 Å². The molecule has 1 aliphatic heterocycles. The predicted molar refractivity (Wildman–Crippen MR) is 85.7 cm³/mol. The summed E-state index contributed by atoms with van der Waals surface area (Å²) < 4.78 is 10.8. The van der Waals surface area contributed by atoms with Crippen molar-refractivity contribution < 1.29 is 24.2 Å². The topological polar surface area (TPSA) is 97.8 Å². The van der Waals surface area contributed by atoms with Crippen LogP contribution in [-0.4, -0.2) is 35.7 Å². The molecule has 7 heteroatoms. The number of rotatable bonds is 5. The summed E-state index contributed by atoms with van der Waals surface area (Å²) in [6.07, 6.45) is 1.45. The van der Waals surface area contributed by atoms with Gasteiger partial charge in [0.05, 0.1) is 20.1 Å². The Balaban J connectivity index is 1.97. The van der Waals surface area contributed by atoms with Gasteiger partial charge >= 0.3 is 5.97 Å². The molecule has 2 aromatic rings. The van der Waals surface area contributed by atoms with Crippen molar-refractivity contribution in [2.24, 2.45) is 0 Å². The third-order valence-electron chi connectivity index (χ3n) is 3.79. The maximum atomic E-state index is 12.6. The summed E-state index contributed by atoms with van der Waals surface area (Å²) >= 11 is 0. The maximum absolute atomic E-state index is 12.6. The van der Waals surface area contributed by atoms with Gasteiger partial charge in [-0.2, -0.15) is 0 Å². The van der Waals surface area contributed by atoms with Gasteiger partial charge in [-0.1, -0.05) is 6.07 Å². The van der Waals surface area contributed by atoms with E-state index in [1.165, 1.54) is 7.11 Å². The lowest BCUT2D eigenvalue weighted by Gasteiger charge is -2.13. The number of amides is 1. The number of hydrogen-bond acceptors (Lipinski definition) is 5. The summed E-state index contributed by atoms with van der Waals surface area (Å²) in [5, 5.41) is 11.8. The smallest absolute Gasteiger partial charge is 0.304 e. The van der Waals surface area contributed by atoms with E-state index >= 15 is 0 Å². The van der Waals surface area contributed by atoms with E-state index in [1.54, 1.807) is 36.5 Å². The van der Waals surface area contributed by atoms with Crippen LogP contribution in [0.1, 0.15) is 28.3 Å². The van der Waals surface area contributed by atoms with E-state index < -0.39 is 11.9 Å². The van der Waals surface area contributed by atoms with Crippen LogP contribution in [0.25, 0.3) is 0 Å². The first-order valence-electron chi connectivity index (χ1n) is 7.38. The fourth-order valence-corrected chi connectivity index (χ4v) is 2.75. The minimum Gasteiger partial charge on any atom is -0.493 e. The van der Waals surface area contributed by atoms with Gasteiger partial charge in [0.15, 0.2) is 11.5 Å². The third kappa shape index (κ3) is 3.01. The number of nitrogens with one attached hydrogen (secondary N) is 1. The molecule has 0 saturated carbocycles. The lowest BCUT2D eigenvalue weighted by molar-refractivity contribution is -0.137. The van der Waals surface area contributed by atoms with Crippen molar-refractivity contribution in [1.29, 1.82) is 0 Å². The van der Waals surface area contributed by atoms with E-state index in [2.05, 4.69) is 10.3 Å². The molecule has 1 amide bonds. The van der Waals surface area contributed by atoms with Gasteiger partial charge in [-0.15, -0.1) is 0 Å². The number of ether oxygens (including phenoxy) is 2. The summed E-state index contributed by atoms with van der Waals surface area (Å²) in [5.41, 5.74) is 0.922. The van der Waals surface area contributed by atoms with E-state index in [4.69, 9.17) is 14.6 Å². The Labute approximate surface area is 138 Å². The molecule has 24 heavy (non-hydrogen) atoms. The quantitative estimate of drug-likeness (QED) is 0.874. The highest BCUT2D eigenvalue weighted by Crippen LogP contribution is 2.44. The second kappa shape index (κ2) is 6.57. The van der Waals surface area contributed by atoms with Crippen LogP contribution in [0.5, 0.6) is 11.5 Å². The molecule has 1 atom stereocenters. The minimum absolute atomic E-state index is 0.121. The number of aromatic nitrogens is 1. The fraction of sp³-hybridized carbons (Fsp3) is 0.235. The summed E-state index contributed by atoms with van der Waals surface area (Å²) in [5.74, 6) is -0.397. The molecule has 1 aliphatic rings. The zero-order chi connectivity index (χ0) is 17.1. The zero-order valence-electron chi connectivity index (χ0n) is 13.0. The minimum atomic E-state index is -0.949. The molecule has 124 valence electrons. The van der Waals surface area contributed by atoms with Crippen LogP contribution in [-0.2, 0) is 4.79 Å². The summed E-state index contributed by atoms with van der Waals surface area (Å²) in [7, 11) is 1.50. The Bertz CT molecular complexity index is 776. The standard InChI is InChI=1S/C17H16N2O5/c1-23-12-6-5-11(17(22)19-13-4-2-3-7-18-13)15-10(8-14(20)21)9-24-16(12)15/h2-7,10H,8-9H2,1H3,(H,20,21)(H,18,19,22). The van der Waals surface area contributed by atoms with Gasteiger partial charge in [-0.25, -0.2) is 4.98 Å². The summed E-state index contributed by atoms with van der Waals surface area (Å²) in [6.45, 7) is 0.200. The number of anilines is 1. The van der Waals surface area contributed by atoms with E-state index in [0.717, 1.165) is 0 Å². The molecule has 0 spiro atoms. The molecule has 0 fully saturated rings. The molecular weight excluding hydrogens is 312 g/mol. The van der Waals surface area contributed by atoms with Crippen molar-refractivity contribution in [3.63, 3.8) is 0 Å². The average Bonchev–Trinajstić information content (AvgIpc) is 2.98. The highest BCUT2D eigenvalue weighted by molar-refractivity contribution is 6.05. The van der Waals surface area contributed by atoms with Gasteiger partial charge in [0.2, 0.25) is 0 Å². The van der Waals surface area contributed by atoms with Crippen molar-refractivity contribution in [1.82, 2.24) is 4.98 Å². The van der Waals surface area contributed by atoms with Crippen LogP contribution in [0.15, 0.2) is 36.5 Å². The lowest BCUT2D eigenvalue weighted by atomic mass is 9.92. The van der Waals surface area contributed by atoms with Gasteiger partial charge in [0.1, 0.15) is 5.82 Å². The third-order valence-corrected chi connectivity index (χ3v) is 3.79. The molecule has 1 aromatic carbocycles. The monoisotopic (exact) mass is 328 g/mol. The fourth-order valence-electron chi connectivity index (χ4n) is 2.75. The number of carbonyl (C=O) groups is 2. The van der Waals surface area contributed by atoms with Gasteiger partial charge in [0.25, 0.3) is 5.91 Å². The summed E-state index contributed by atoms with van der Waals surface area (Å²) in [6, 6.07) is 8.43. The number of benzene rings is 1. The zero-order valence-corrected chi connectivity index (χ0v) is 13.0. The Morgan fingerprint density at radius 3 is 2.88 bits per heavy atom. The van der Waals surface area contributed by atoms with Gasteiger partial charge in [0, 0.05) is 23.2 Å². The van der Waals surface area contributed by atoms with E-state index in [9.17, 15) is 9.59 Å². The first-order chi connectivity index (χ1) is 11.6. The van der Waals surface area contributed by atoms with Crippen molar-refractivity contribution in [3.8, 4) is 11.5 Å². The second-order valence-corrected chi connectivity index (χ2v) is 5.33. The SMILES string of the molecule is COc1ccc(C(=O)Nc2ccccn2)c2c1OCC2CC(=O)O. The first kappa shape index (κ1) is 15.8. The van der Waals surface area contributed by atoms with Crippen LogP contribution in [0.2, 0.25) is 0 Å². The van der Waals surface area contributed by atoms with Crippen LogP contribution in [0.3, 0.4) is 0 Å². The Kier molecular flexibility index (Phi) is 4.33. The number of carbonyl (C=O) groups excluding carboxylic acids is 1. The number of carboxylic acid groups (broad SMARTS) is 1.